The fraction of sp³-hybridized carbons (Fsp3) is 0.0566. The van der Waals surface area contributed by atoms with Crippen LogP contribution in [0.15, 0.2) is 188 Å². The maximum atomic E-state index is 2.60. The highest BCUT2D eigenvalue weighted by Gasteiger charge is 2.52. The molecule has 0 saturated carbocycles. The van der Waals surface area contributed by atoms with Crippen molar-refractivity contribution in [2.24, 2.45) is 0 Å². The Bertz CT molecular complexity index is 3040. The molecule has 8 aromatic carbocycles. The van der Waals surface area contributed by atoms with Gasteiger partial charge in [0.2, 0.25) is 0 Å². The van der Waals surface area contributed by atoms with Gasteiger partial charge in [-0.3, -0.25) is 0 Å². The SMILES string of the molecule is CC1(c2ccccc2)c2c3c(c4cccc5c4c2CC=C5)N(c2cccc(N(c4ccccc4)c4ccccc4)c2)c2ccccc2B3c2sc3ccccc3c21. The largest absolute Gasteiger partial charge is 0.311 e. The Hall–Kier alpha value is -6.62. The summed E-state index contributed by atoms with van der Waals surface area (Å²) in [7, 11) is 0. The van der Waals surface area contributed by atoms with Gasteiger partial charge >= 0.3 is 0 Å². The summed E-state index contributed by atoms with van der Waals surface area (Å²) < 4.78 is 2.82. The van der Waals surface area contributed by atoms with Gasteiger partial charge in [-0.2, -0.15) is 0 Å². The van der Waals surface area contributed by atoms with Crippen LogP contribution >= 0.6 is 11.3 Å². The van der Waals surface area contributed by atoms with Crippen molar-refractivity contribution >= 4 is 94.8 Å². The van der Waals surface area contributed by atoms with Gasteiger partial charge < -0.3 is 9.80 Å². The third-order valence-corrected chi connectivity index (χ3v) is 13.9. The number of rotatable bonds is 5. The molecule has 1 atom stereocenters. The van der Waals surface area contributed by atoms with E-state index >= 15 is 0 Å². The lowest BCUT2D eigenvalue weighted by Gasteiger charge is -2.48. The Morgan fingerprint density at radius 2 is 1.26 bits per heavy atom. The van der Waals surface area contributed by atoms with E-state index in [2.05, 4.69) is 211 Å². The second-order valence-electron chi connectivity index (χ2n) is 15.7. The number of hydrogen-bond donors (Lipinski definition) is 0. The zero-order valence-electron chi connectivity index (χ0n) is 31.6. The summed E-state index contributed by atoms with van der Waals surface area (Å²) in [6.45, 7) is 2.62. The van der Waals surface area contributed by atoms with E-state index in [1.165, 1.54) is 75.8 Å². The van der Waals surface area contributed by atoms with Crippen LogP contribution in [0.3, 0.4) is 0 Å². The molecule has 0 N–H and O–H groups in total. The van der Waals surface area contributed by atoms with Crippen molar-refractivity contribution in [1.82, 2.24) is 0 Å². The van der Waals surface area contributed by atoms with Crippen LogP contribution in [-0.2, 0) is 11.8 Å². The van der Waals surface area contributed by atoms with E-state index in [-0.39, 0.29) is 6.71 Å². The van der Waals surface area contributed by atoms with Crippen molar-refractivity contribution in [3.8, 4) is 0 Å². The number of thiophene rings is 1. The summed E-state index contributed by atoms with van der Waals surface area (Å²) in [5.74, 6) is 0. The molecule has 0 spiro atoms. The quantitative estimate of drug-likeness (QED) is 0.162. The number of benzene rings is 8. The Morgan fingerprint density at radius 1 is 0.614 bits per heavy atom. The second kappa shape index (κ2) is 12.4. The first-order chi connectivity index (χ1) is 28.2. The molecule has 57 heavy (non-hydrogen) atoms. The third kappa shape index (κ3) is 4.59. The number of nitrogens with zero attached hydrogens (tertiary/aromatic N) is 2. The van der Waals surface area contributed by atoms with Crippen LogP contribution in [-0.4, -0.2) is 6.71 Å². The van der Waals surface area contributed by atoms with Crippen LogP contribution in [0, 0.1) is 0 Å². The van der Waals surface area contributed by atoms with Gasteiger partial charge in [0.1, 0.15) is 0 Å². The van der Waals surface area contributed by atoms with Crippen LogP contribution in [0.2, 0.25) is 0 Å². The summed E-state index contributed by atoms with van der Waals surface area (Å²) in [5.41, 5.74) is 16.5. The normalized spacial score (nSPS) is 16.0. The van der Waals surface area contributed by atoms with Gasteiger partial charge in [-0.1, -0.05) is 140 Å². The summed E-state index contributed by atoms with van der Waals surface area (Å²) in [6.07, 6.45) is 5.64. The molecule has 0 amide bonds. The van der Waals surface area contributed by atoms with E-state index in [0.29, 0.717) is 0 Å². The highest BCUT2D eigenvalue weighted by atomic mass is 32.1. The van der Waals surface area contributed by atoms with Crippen LogP contribution < -0.4 is 25.5 Å². The van der Waals surface area contributed by atoms with Crippen LogP contribution in [0.25, 0.3) is 26.9 Å². The van der Waals surface area contributed by atoms with Crippen LogP contribution in [0.5, 0.6) is 0 Å². The minimum atomic E-state index is -0.393. The van der Waals surface area contributed by atoms with Crippen LogP contribution in [0.1, 0.15) is 34.7 Å². The zero-order valence-corrected chi connectivity index (χ0v) is 32.4. The van der Waals surface area contributed by atoms with Crippen molar-refractivity contribution in [2.75, 3.05) is 9.80 Å². The number of allylic oxidation sites excluding steroid dienone is 1. The maximum Gasteiger partial charge on any atom is 0.259 e. The molecular weight excluding hydrogens is 707 g/mol. The second-order valence-corrected chi connectivity index (χ2v) is 16.8. The third-order valence-electron chi connectivity index (χ3n) is 12.7. The molecule has 9 aromatic rings. The molecule has 0 saturated heterocycles. The van der Waals surface area contributed by atoms with E-state index in [0.717, 1.165) is 29.2 Å². The first-order valence-corrected chi connectivity index (χ1v) is 20.8. The number of fused-ring (bicyclic) bond motifs is 8. The number of hydrogen-bond acceptors (Lipinski definition) is 3. The van der Waals surface area contributed by atoms with Crippen molar-refractivity contribution in [1.29, 1.82) is 0 Å². The predicted molar refractivity (Wildman–Crippen MR) is 245 cm³/mol. The average Bonchev–Trinajstić information content (AvgIpc) is 3.67. The summed E-state index contributed by atoms with van der Waals surface area (Å²) in [6, 6.07) is 67.3. The van der Waals surface area contributed by atoms with Gasteiger partial charge in [-0.05, 0) is 122 Å². The Balaban J connectivity index is 1.22. The fourth-order valence-electron chi connectivity index (χ4n) is 10.5. The molecule has 0 bridgehead atoms. The van der Waals surface area contributed by atoms with Gasteiger partial charge in [-0.15, -0.1) is 11.3 Å². The molecule has 1 aromatic heterocycles. The zero-order chi connectivity index (χ0) is 37.7. The van der Waals surface area contributed by atoms with Crippen molar-refractivity contribution in [3.63, 3.8) is 0 Å². The van der Waals surface area contributed by atoms with Gasteiger partial charge in [0.25, 0.3) is 6.71 Å². The molecule has 0 radical (unpaired) electrons. The van der Waals surface area contributed by atoms with Gasteiger partial charge in [-0.25, -0.2) is 0 Å². The van der Waals surface area contributed by atoms with E-state index in [1.54, 1.807) is 0 Å². The molecule has 2 nitrogen and oxygen atoms in total. The lowest BCUT2D eigenvalue weighted by molar-refractivity contribution is 0.700. The van der Waals surface area contributed by atoms with E-state index in [9.17, 15) is 0 Å². The first-order valence-electron chi connectivity index (χ1n) is 20.0. The van der Waals surface area contributed by atoms with E-state index < -0.39 is 5.41 Å². The van der Waals surface area contributed by atoms with Crippen LogP contribution in [0.4, 0.5) is 34.1 Å². The highest BCUT2D eigenvalue weighted by molar-refractivity contribution is 7.33. The lowest BCUT2D eigenvalue weighted by Crippen LogP contribution is -2.64. The smallest absolute Gasteiger partial charge is 0.259 e. The van der Waals surface area contributed by atoms with Gasteiger partial charge in [0.15, 0.2) is 0 Å². The average molecular weight is 745 g/mol. The Labute approximate surface area is 337 Å². The molecule has 3 aliphatic rings. The molecule has 12 rings (SSSR count). The fourth-order valence-corrected chi connectivity index (χ4v) is 11.9. The van der Waals surface area contributed by atoms with Gasteiger partial charge in [0, 0.05) is 49.6 Å². The predicted octanol–water partition coefficient (Wildman–Crippen LogP) is 12.1. The summed E-state index contributed by atoms with van der Waals surface area (Å²) in [5, 5.41) is 4.07. The van der Waals surface area contributed by atoms with Crippen molar-refractivity contribution in [2.45, 2.75) is 18.8 Å². The molecule has 1 unspecified atom stereocenters. The standard InChI is InChI=1S/C53H37BN2S/c1-53(36-20-5-2-6-21-36)48-42-29-15-18-35-19-16-30-43(47(35)42)51-50(48)54(52-49(53)41-28-11-14-33-46(41)57-52)44-31-12-13-32-45(44)56(51)40-27-17-26-39(34-40)55(37-22-7-3-8-23-37)38-24-9-4-10-25-38/h2-28,30-34H,29H2,1H3. The maximum absolute atomic E-state index is 2.60. The molecular formula is C53H37BN2S. The van der Waals surface area contributed by atoms with E-state index in [4.69, 9.17) is 0 Å². The van der Waals surface area contributed by atoms with Crippen molar-refractivity contribution in [3.05, 3.63) is 216 Å². The Morgan fingerprint density at radius 3 is 2.05 bits per heavy atom. The minimum Gasteiger partial charge on any atom is -0.311 e. The topological polar surface area (TPSA) is 6.48 Å². The lowest BCUT2D eigenvalue weighted by atomic mass is 9.31. The Kier molecular flexibility index (Phi) is 7.12. The summed E-state index contributed by atoms with van der Waals surface area (Å²) in [4.78, 5) is 4.98. The molecule has 0 fully saturated rings. The molecule has 2 aliphatic heterocycles. The molecule has 3 heterocycles. The molecule has 1 aliphatic carbocycles. The number of anilines is 6. The number of para-hydroxylation sites is 3. The molecule has 4 heteroatoms. The molecule has 268 valence electrons. The van der Waals surface area contributed by atoms with E-state index in [1.807, 2.05) is 11.3 Å². The van der Waals surface area contributed by atoms with Crippen molar-refractivity contribution < 1.29 is 0 Å². The summed E-state index contributed by atoms with van der Waals surface area (Å²) >= 11 is 1.99. The minimum absolute atomic E-state index is 0.0927. The monoisotopic (exact) mass is 744 g/mol. The highest BCUT2D eigenvalue weighted by Crippen LogP contribution is 2.53. The van der Waals surface area contributed by atoms with Gasteiger partial charge in [0.05, 0.1) is 0 Å². The first kappa shape index (κ1) is 32.6.